The van der Waals surface area contributed by atoms with Gasteiger partial charge in [-0.15, -0.1) is 0 Å². The Bertz CT molecular complexity index is 813. The summed E-state index contributed by atoms with van der Waals surface area (Å²) < 4.78 is 11.4. The van der Waals surface area contributed by atoms with Gasteiger partial charge in [0.15, 0.2) is 0 Å². The van der Waals surface area contributed by atoms with Crippen molar-refractivity contribution in [2.24, 2.45) is 17.8 Å². The fourth-order valence-corrected chi connectivity index (χ4v) is 5.09. The van der Waals surface area contributed by atoms with Crippen molar-refractivity contribution in [3.63, 3.8) is 0 Å². The molecule has 0 bridgehead atoms. The standard InChI is InChI=1S/C28H43NO6/c1-6-19(2)15-23(34-4)18-26(31)29-14-10-13-24(29)27(35-5)20(3)25(30)17-22(28(32)33)16-21-11-8-7-9-12-21/h7-9,11-12,19-20,22-24,27H,6,10,13-18H2,1-5H3,(H,32,33)/t19-,20-,22+,23-,24-,27+/m0/s1. The average Bonchev–Trinajstić information content (AvgIpc) is 3.33. The van der Waals surface area contributed by atoms with Gasteiger partial charge in [0.25, 0.3) is 0 Å². The smallest absolute Gasteiger partial charge is 0.307 e. The second kappa shape index (κ2) is 14.3. The van der Waals surface area contributed by atoms with E-state index in [2.05, 4.69) is 13.8 Å². The zero-order valence-electron chi connectivity index (χ0n) is 21.9. The number of ketones is 1. The summed E-state index contributed by atoms with van der Waals surface area (Å²) in [4.78, 5) is 40.1. The van der Waals surface area contributed by atoms with E-state index in [-0.39, 0.29) is 30.3 Å². The van der Waals surface area contributed by atoms with Gasteiger partial charge in [-0.3, -0.25) is 14.4 Å². The maximum atomic E-state index is 13.2. The number of methoxy groups -OCH3 is 2. The lowest BCUT2D eigenvalue weighted by molar-refractivity contribution is -0.145. The molecule has 1 aromatic rings. The lowest BCUT2D eigenvalue weighted by Crippen LogP contribution is -2.48. The number of rotatable bonds is 15. The molecule has 1 aliphatic heterocycles. The lowest BCUT2D eigenvalue weighted by atomic mass is 9.85. The Morgan fingerprint density at radius 2 is 1.77 bits per heavy atom. The van der Waals surface area contributed by atoms with Gasteiger partial charge in [0, 0.05) is 33.1 Å². The number of hydrogen-bond acceptors (Lipinski definition) is 5. The number of likely N-dealkylation sites (tertiary alicyclic amines) is 1. The monoisotopic (exact) mass is 489 g/mol. The van der Waals surface area contributed by atoms with Gasteiger partial charge in [0.05, 0.1) is 30.6 Å². The fourth-order valence-electron chi connectivity index (χ4n) is 5.09. The molecule has 1 saturated heterocycles. The molecule has 1 aromatic carbocycles. The lowest BCUT2D eigenvalue weighted by Gasteiger charge is -2.35. The van der Waals surface area contributed by atoms with Crippen LogP contribution in [0, 0.1) is 17.8 Å². The number of carbonyl (C=O) groups excluding carboxylic acids is 2. The molecule has 1 aliphatic rings. The van der Waals surface area contributed by atoms with Crippen molar-refractivity contribution in [3.05, 3.63) is 35.9 Å². The van der Waals surface area contributed by atoms with Gasteiger partial charge in [0.1, 0.15) is 5.78 Å². The number of benzene rings is 1. The third-order valence-corrected chi connectivity index (χ3v) is 7.49. The van der Waals surface area contributed by atoms with E-state index in [0.717, 1.165) is 31.2 Å². The van der Waals surface area contributed by atoms with Gasteiger partial charge in [-0.2, -0.15) is 0 Å². The van der Waals surface area contributed by atoms with Crippen molar-refractivity contribution in [3.8, 4) is 0 Å². The van der Waals surface area contributed by atoms with Gasteiger partial charge in [-0.05, 0) is 37.2 Å². The molecule has 0 aromatic heterocycles. The Morgan fingerprint density at radius 3 is 2.34 bits per heavy atom. The molecule has 1 heterocycles. The van der Waals surface area contributed by atoms with E-state index >= 15 is 0 Å². The first-order valence-electron chi connectivity index (χ1n) is 12.9. The Morgan fingerprint density at radius 1 is 1.09 bits per heavy atom. The summed E-state index contributed by atoms with van der Waals surface area (Å²) in [7, 11) is 3.21. The first-order chi connectivity index (χ1) is 16.7. The minimum Gasteiger partial charge on any atom is -0.481 e. The molecule has 2 rings (SSSR count). The Hall–Kier alpha value is -2.25. The van der Waals surface area contributed by atoms with Crippen LogP contribution in [-0.4, -0.2) is 66.7 Å². The number of hydrogen-bond donors (Lipinski definition) is 1. The maximum Gasteiger partial charge on any atom is 0.307 e. The Balaban J connectivity index is 2.06. The molecule has 1 amide bonds. The van der Waals surface area contributed by atoms with Crippen LogP contribution in [0.15, 0.2) is 30.3 Å². The van der Waals surface area contributed by atoms with E-state index in [1.54, 1.807) is 21.1 Å². The van der Waals surface area contributed by atoms with Gasteiger partial charge in [-0.1, -0.05) is 57.5 Å². The van der Waals surface area contributed by atoms with Crippen LogP contribution in [0.25, 0.3) is 0 Å². The van der Waals surface area contributed by atoms with Crippen LogP contribution in [-0.2, 0) is 30.3 Å². The summed E-state index contributed by atoms with van der Waals surface area (Å²) in [6.07, 6.45) is 3.42. The summed E-state index contributed by atoms with van der Waals surface area (Å²) in [6.45, 7) is 6.72. The number of Topliss-reactive ketones (excluding diaryl/α,β-unsaturated/α-hetero) is 1. The molecule has 6 atom stereocenters. The second-order valence-electron chi connectivity index (χ2n) is 9.99. The van der Waals surface area contributed by atoms with E-state index in [9.17, 15) is 19.5 Å². The number of carbonyl (C=O) groups is 3. The zero-order chi connectivity index (χ0) is 26.0. The van der Waals surface area contributed by atoms with Crippen molar-refractivity contribution >= 4 is 17.7 Å². The van der Waals surface area contributed by atoms with Crippen LogP contribution in [0.3, 0.4) is 0 Å². The van der Waals surface area contributed by atoms with Crippen molar-refractivity contribution in [1.82, 2.24) is 4.90 Å². The number of ether oxygens (including phenoxy) is 2. The minimum absolute atomic E-state index is 0.0249. The number of carboxylic acid groups (broad SMARTS) is 1. The van der Waals surface area contributed by atoms with E-state index in [0.29, 0.717) is 25.3 Å². The van der Waals surface area contributed by atoms with Crippen LogP contribution in [0.4, 0.5) is 0 Å². The average molecular weight is 490 g/mol. The molecule has 1 N–H and O–H groups in total. The molecule has 7 heteroatoms. The number of aliphatic carboxylic acids is 1. The quantitative estimate of drug-likeness (QED) is 0.393. The first kappa shape index (κ1) is 29.0. The molecule has 0 radical (unpaired) electrons. The van der Waals surface area contributed by atoms with Crippen molar-refractivity contribution in [1.29, 1.82) is 0 Å². The highest BCUT2D eigenvalue weighted by molar-refractivity contribution is 5.86. The molecule has 1 fully saturated rings. The van der Waals surface area contributed by atoms with Gasteiger partial charge in [0.2, 0.25) is 5.91 Å². The van der Waals surface area contributed by atoms with Crippen molar-refractivity contribution < 1.29 is 29.0 Å². The molecule has 0 saturated carbocycles. The van der Waals surface area contributed by atoms with Crippen LogP contribution < -0.4 is 0 Å². The number of carboxylic acids is 1. The molecule has 0 aliphatic carbocycles. The summed E-state index contributed by atoms with van der Waals surface area (Å²) in [5.74, 6) is -1.94. The largest absolute Gasteiger partial charge is 0.481 e. The highest BCUT2D eigenvalue weighted by atomic mass is 16.5. The van der Waals surface area contributed by atoms with Gasteiger partial charge in [-0.25, -0.2) is 0 Å². The molecule has 7 nitrogen and oxygen atoms in total. The summed E-state index contributed by atoms with van der Waals surface area (Å²) in [6, 6.07) is 9.15. The summed E-state index contributed by atoms with van der Waals surface area (Å²) in [5, 5.41) is 9.73. The predicted molar refractivity (Wildman–Crippen MR) is 135 cm³/mol. The summed E-state index contributed by atoms with van der Waals surface area (Å²) in [5.41, 5.74) is 0.890. The van der Waals surface area contributed by atoms with Crippen LogP contribution >= 0.6 is 0 Å². The Labute approximate surface area is 210 Å². The molecular weight excluding hydrogens is 446 g/mol. The number of nitrogens with zero attached hydrogens (tertiary/aromatic N) is 1. The predicted octanol–water partition coefficient (Wildman–Crippen LogP) is 4.37. The topological polar surface area (TPSA) is 93.1 Å². The third-order valence-electron chi connectivity index (χ3n) is 7.49. The van der Waals surface area contributed by atoms with Crippen molar-refractivity contribution in [2.45, 2.75) is 84.0 Å². The Kier molecular flexibility index (Phi) is 11.9. The van der Waals surface area contributed by atoms with Crippen molar-refractivity contribution in [2.75, 3.05) is 20.8 Å². The van der Waals surface area contributed by atoms with Gasteiger partial charge < -0.3 is 19.5 Å². The van der Waals surface area contributed by atoms with E-state index in [1.807, 2.05) is 35.2 Å². The van der Waals surface area contributed by atoms with Gasteiger partial charge >= 0.3 is 5.97 Å². The molecular formula is C28H43NO6. The fraction of sp³-hybridized carbons (Fsp3) is 0.679. The van der Waals surface area contributed by atoms with E-state index in [4.69, 9.17) is 9.47 Å². The normalized spacial score (nSPS) is 20.1. The van der Waals surface area contributed by atoms with Crippen LogP contribution in [0.2, 0.25) is 0 Å². The third kappa shape index (κ3) is 8.43. The summed E-state index contributed by atoms with van der Waals surface area (Å²) >= 11 is 0. The van der Waals surface area contributed by atoms with Crippen LogP contribution in [0.1, 0.15) is 64.9 Å². The number of amides is 1. The van der Waals surface area contributed by atoms with E-state index in [1.165, 1.54) is 0 Å². The molecule has 0 spiro atoms. The highest BCUT2D eigenvalue weighted by Gasteiger charge is 2.40. The SMILES string of the molecule is CC[C@H](C)C[C@@H](CC(=O)N1CCC[C@H]1[C@H](OC)[C@@H](C)C(=O)C[C@@H](Cc1ccccc1)C(=O)O)OC. The van der Waals surface area contributed by atoms with E-state index < -0.39 is 23.9 Å². The molecule has 0 unspecified atom stereocenters. The molecule has 35 heavy (non-hydrogen) atoms. The molecule has 196 valence electrons. The highest BCUT2D eigenvalue weighted by Crippen LogP contribution is 2.29. The zero-order valence-corrected chi connectivity index (χ0v) is 21.9. The maximum absolute atomic E-state index is 13.2. The first-order valence-corrected chi connectivity index (χ1v) is 12.9. The minimum atomic E-state index is -0.979. The van der Waals surface area contributed by atoms with Crippen LogP contribution in [0.5, 0.6) is 0 Å². The second-order valence-corrected chi connectivity index (χ2v) is 9.99.